The van der Waals surface area contributed by atoms with E-state index in [0.717, 1.165) is 0 Å². The van der Waals surface area contributed by atoms with Crippen molar-refractivity contribution in [2.45, 2.75) is 0 Å². The number of nitrogens with zero attached hydrogens (tertiary/aromatic N) is 4. The zero-order chi connectivity index (χ0) is 21.3. The Kier molecular flexibility index (Phi) is 4.77. The van der Waals surface area contributed by atoms with E-state index >= 15 is 0 Å². The van der Waals surface area contributed by atoms with Gasteiger partial charge in [0.1, 0.15) is 16.9 Å². The zero-order valence-corrected chi connectivity index (χ0v) is 15.8. The first kappa shape index (κ1) is 18.9. The average Bonchev–Trinajstić information content (AvgIpc) is 3.01. The molecule has 0 atom stereocenters. The Balaban J connectivity index is 1.91. The first-order valence-corrected chi connectivity index (χ1v) is 9.01. The van der Waals surface area contributed by atoms with Crippen LogP contribution >= 0.6 is 0 Å². The largest absolute Gasteiger partial charge is 0.504 e. The van der Waals surface area contributed by atoms with E-state index in [1.54, 1.807) is 24.3 Å². The maximum Gasteiger partial charge on any atom is 0.257 e. The number of aromatic nitrogens is 3. The van der Waals surface area contributed by atoms with Gasteiger partial charge in [0.25, 0.3) is 5.91 Å². The molecule has 0 spiro atoms. The number of nitrogens with one attached hydrogen (secondary N) is 1. The molecule has 150 valence electrons. The van der Waals surface area contributed by atoms with Gasteiger partial charge in [-0.05, 0) is 35.9 Å². The second kappa shape index (κ2) is 7.55. The number of para-hydroxylation sites is 2. The van der Waals surface area contributed by atoms with Gasteiger partial charge in [0.05, 0.1) is 17.2 Å². The van der Waals surface area contributed by atoms with Crippen molar-refractivity contribution in [1.29, 1.82) is 0 Å². The molecule has 30 heavy (non-hydrogen) atoms. The molecule has 9 heteroatoms. The van der Waals surface area contributed by atoms with Crippen LogP contribution in [0.15, 0.2) is 60.2 Å². The summed E-state index contributed by atoms with van der Waals surface area (Å²) in [6.45, 7) is 3.86. The maximum absolute atomic E-state index is 12.7. The minimum Gasteiger partial charge on any atom is -0.504 e. The number of nitrogen functional groups attached to an aromatic ring is 1. The van der Waals surface area contributed by atoms with E-state index in [0.29, 0.717) is 27.8 Å². The summed E-state index contributed by atoms with van der Waals surface area (Å²) < 4.78 is 1.32. The molecular weight excluding hydrogens is 384 g/mol. The summed E-state index contributed by atoms with van der Waals surface area (Å²) in [6.07, 6.45) is 2.99. The number of nitrogens with two attached hydrogens (primary N) is 1. The van der Waals surface area contributed by atoms with E-state index < -0.39 is 5.91 Å². The van der Waals surface area contributed by atoms with Crippen molar-refractivity contribution < 1.29 is 15.0 Å². The van der Waals surface area contributed by atoms with E-state index in [2.05, 4.69) is 27.0 Å². The number of hydrogen-bond acceptors (Lipinski definition) is 7. The van der Waals surface area contributed by atoms with Crippen LogP contribution in [-0.4, -0.2) is 43.5 Å². The minimum absolute atomic E-state index is 0.0705. The number of anilines is 1. The van der Waals surface area contributed by atoms with Crippen LogP contribution in [-0.2, 0) is 0 Å². The number of carbonyl (C=O) groups excluding carboxylic acids is 1. The Labute approximate surface area is 170 Å². The Bertz CT molecular complexity index is 1330. The third kappa shape index (κ3) is 3.28. The quantitative estimate of drug-likeness (QED) is 0.230. The summed E-state index contributed by atoms with van der Waals surface area (Å²) in [7, 11) is 0. The Morgan fingerprint density at radius 3 is 2.60 bits per heavy atom. The smallest absolute Gasteiger partial charge is 0.257 e. The van der Waals surface area contributed by atoms with Gasteiger partial charge in [-0.2, -0.15) is 9.78 Å². The van der Waals surface area contributed by atoms with Crippen molar-refractivity contribution in [1.82, 2.24) is 20.0 Å². The molecule has 2 aromatic carbocycles. The highest BCUT2D eigenvalue weighted by Gasteiger charge is 2.23. The molecule has 0 bridgehead atoms. The third-order valence-corrected chi connectivity index (χ3v) is 4.43. The molecule has 0 unspecified atom stereocenters. The molecule has 0 aliphatic carbocycles. The summed E-state index contributed by atoms with van der Waals surface area (Å²) in [5.74, 6) is -0.865. The molecule has 2 aromatic heterocycles. The van der Waals surface area contributed by atoms with Crippen LogP contribution in [0.5, 0.6) is 11.5 Å². The van der Waals surface area contributed by atoms with Gasteiger partial charge in [0, 0.05) is 6.54 Å². The number of fused-ring (bicyclic) bond motifs is 2. The predicted octanol–water partition coefficient (Wildman–Crippen LogP) is 2.38. The van der Waals surface area contributed by atoms with Crippen molar-refractivity contribution in [2.24, 2.45) is 5.10 Å². The van der Waals surface area contributed by atoms with E-state index in [4.69, 9.17) is 5.73 Å². The van der Waals surface area contributed by atoms with E-state index in [1.165, 1.54) is 23.0 Å². The average molecular weight is 402 g/mol. The van der Waals surface area contributed by atoms with Gasteiger partial charge in [0.15, 0.2) is 17.1 Å². The van der Waals surface area contributed by atoms with Crippen molar-refractivity contribution >= 4 is 40.1 Å². The zero-order valence-electron chi connectivity index (χ0n) is 15.8. The lowest BCUT2D eigenvalue weighted by molar-refractivity contribution is 0.0960. The Morgan fingerprint density at radius 2 is 1.90 bits per heavy atom. The van der Waals surface area contributed by atoms with Crippen LogP contribution in [0.1, 0.15) is 15.9 Å². The monoisotopic (exact) mass is 402 g/mol. The fourth-order valence-electron chi connectivity index (χ4n) is 2.99. The Hall–Kier alpha value is -4.40. The number of carbonyl (C=O) groups is 1. The van der Waals surface area contributed by atoms with E-state index in [9.17, 15) is 15.0 Å². The molecule has 5 N–H and O–H groups in total. The maximum atomic E-state index is 12.7. The first-order valence-electron chi connectivity index (χ1n) is 9.01. The van der Waals surface area contributed by atoms with Crippen molar-refractivity contribution in [2.75, 3.05) is 12.3 Å². The second-order valence-corrected chi connectivity index (χ2v) is 6.45. The number of aromatic hydroxyl groups is 2. The number of phenols is 2. The van der Waals surface area contributed by atoms with Gasteiger partial charge in [-0.25, -0.2) is 9.97 Å². The van der Waals surface area contributed by atoms with Gasteiger partial charge < -0.3 is 21.3 Å². The molecule has 4 rings (SSSR count). The third-order valence-electron chi connectivity index (χ3n) is 4.43. The molecular formula is C21H18N6O3. The molecule has 0 saturated carbocycles. The molecule has 4 aromatic rings. The number of rotatable bonds is 5. The number of amides is 1. The summed E-state index contributed by atoms with van der Waals surface area (Å²) in [4.78, 5) is 21.9. The summed E-state index contributed by atoms with van der Waals surface area (Å²) >= 11 is 0. The highest BCUT2D eigenvalue weighted by molar-refractivity contribution is 6.10. The van der Waals surface area contributed by atoms with Crippen LogP contribution in [0, 0.1) is 0 Å². The standard InChI is InChI=1S/C21H18N6O3/c1-2-9-23-21(30)17-18-20(26-14-6-4-3-5-13(14)25-18)27(19(17)22)24-11-12-7-8-15(28)16(29)10-12/h2-8,10-11,28-29H,1,9,22H2,(H,23,30)/b24-11+. The fourth-order valence-corrected chi connectivity index (χ4v) is 2.99. The lowest BCUT2D eigenvalue weighted by atomic mass is 10.2. The topological polar surface area (TPSA) is 139 Å². The SMILES string of the molecule is C=CCNC(=O)c1c(N)n(/N=C/c2ccc(O)c(O)c2)c2nc3ccccc3nc12. The number of phenolic OH excluding ortho intramolecular Hbond substituents is 2. The van der Waals surface area contributed by atoms with Gasteiger partial charge in [-0.1, -0.05) is 18.2 Å². The molecule has 0 fully saturated rings. The fraction of sp³-hybridized carbons (Fsp3) is 0.0476. The van der Waals surface area contributed by atoms with Gasteiger partial charge in [0.2, 0.25) is 0 Å². The molecule has 0 aliphatic rings. The van der Waals surface area contributed by atoms with Crippen LogP contribution < -0.4 is 11.1 Å². The number of hydrogen-bond donors (Lipinski definition) is 4. The molecule has 2 heterocycles. The minimum atomic E-state index is -0.418. The molecule has 0 saturated heterocycles. The predicted molar refractivity (Wildman–Crippen MR) is 115 cm³/mol. The molecule has 1 amide bonds. The van der Waals surface area contributed by atoms with E-state index in [1.807, 2.05) is 12.1 Å². The van der Waals surface area contributed by atoms with Gasteiger partial charge in [-0.15, -0.1) is 6.58 Å². The summed E-state index contributed by atoms with van der Waals surface area (Å²) in [6, 6.07) is 11.5. The van der Waals surface area contributed by atoms with Crippen molar-refractivity contribution in [3.8, 4) is 11.5 Å². The van der Waals surface area contributed by atoms with Crippen LogP contribution in [0.4, 0.5) is 5.82 Å². The van der Waals surface area contributed by atoms with E-state index in [-0.39, 0.29) is 29.4 Å². The van der Waals surface area contributed by atoms with Crippen LogP contribution in [0.2, 0.25) is 0 Å². The van der Waals surface area contributed by atoms with Gasteiger partial charge >= 0.3 is 0 Å². The first-order chi connectivity index (χ1) is 14.5. The lowest BCUT2D eigenvalue weighted by Crippen LogP contribution is -2.24. The highest BCUT2D eigenvalue weighted by Crippen LogP contribution is 2.28. The Morgan fingerprint density at radius 1 is 1.17 bits per heavy atom. The molecule has 0 radical (unpaired) electrons. The van der Waals surface area contributed by atoms with Gasteiger partial charge in [-0.3, -0.25) is 4.79 Å². The highest BCUT2D eigenvalue weighted by atomic mass is 16.3. The lowest BCUT2D eigenvalue weighted by Gasteiger charge is -2.03. The number of benzene rings is 2. The molecule has 9 nitrogen and oxygen atoms in total. The summed E-state index contributed by atoms with van der Waals surface area (Å²) in [5, 5.41) is 26.2. The van der Waals surface area contributed by atoms with Crippen LogP contribution in [0.3, 0.4) is 0 Å². The van der Waals surface area contributed by atoms with Crippen molar-refractivity contribution in [3.05, 3.63) is 66.2 Å². The second-order valence-electron chi connectivity index (χ2n) is 6.45. The van der Waals surface area contributed by atoms with Crippen molar-refractivity contribution in [3.63, 3.8) is 0 Å². The summed E-state index contributed by atoms with van der Waals surface area (Å²) in [5.41, 5.74) is 8.81. The normalized spacial score (nSPS) is 11.3. The van der Waals surface area contributed by atoms with Crippen LogP contribution in [0.25, 0.3) is 22.2 Å². The molecule has 0 aliphatic heterocycles.